The Balaban J connectivity index is 0.000000231. The van der Waals surface area contributed by atoms with Crippen LogP contribution in [0.4, 0.5) is 0 Å². The molecule has 2 nitrogen and oxygen atoms in total. The summed E-state index contributed by atoms with van der Waals surface area (Å²) in [5.74, 6) is 0. The van der Waals surface area contributed by atoms with Crippen LogP contribution in [0.15, 0.2) is 0 Å². The summed E-state index contributed by atoms with van der Waals surface area (Å²) in [5, 5.41) is 0. The average Bonchev–Trinajstić information content (AvgIpc) is 2.52. The second kappa shape index (κ2) is 3.35. The van der Waals surface area contributed by atoms with Gasteiger partial charge in [-0.05, 0) is 13.5 Å². The van der Waals surface area contributed by atoms with Gasteiger partial charge in [0.15, 0.2) is 0 Å². The van der Waals surface area contributed by atoms with E-state index in [-0.39, 0.29) is 0 Å². The molecule has 0 aromatic rings. The van der Waals surface area contributed by atoms with Gasteiger partial charge in [-0.2, -0.15) is 0 Å². The molecule has 0 aromatic carbocycles. The molecule has 0 N–H and O–H groups in total. The van der Waals surface area contributed by atoms with Gasteiger partial charge in [0, 0.05) is 12.6 Å². The second-order valence-corrected chi connectivity index (χ2v) is 2.78. The van der Waals surface area contributed by atoms with E-state index in [9.17, 15) is 0 Å². The first kappa shape index (κ1) is 8.02. The van der Waals surface area contributed by atoms with Gasteiger partial charge in [-0.15, -0.1) is 0 Å². The fourth-order valence-electron chi connectivity index (χ4n) is 1.59. The zero-order valence-electron chi connectivity index (χ0n) is 7.13. The van der Waals surface area contributed by atoms with Crippen molar-refractivity contribution in [3.8, 4) is 0 Å². The van der Waals surface area contributed by atoms with Crippen molar-refractivity contribution in [3.63, 3.8) is 0 Å². The number of hydrogen-bond donors (Lipinski definition) is 0. The van der Waals surface area contributed by atoms with Crippen LogP contribution in [-0.2, 0) is 4.74 Å². The van der Waals surface area contributed by atoms with Crippen molar-refractivity contribution in [1.82, 2.24) is 4.90 Å². The molecule has 2 heterocycles. The quantitative estimate of drug-likeness (QED) is 0.504. The topological polar surface area (TPSA) is 12.5 Å². The van der Waals surface area contributed by atoms with Crippen molar-refractivity contribution in [2.45, 2.75) is 32.4 Å². The minimum absolute atomic E-state index is 0.574. The Labute approximate surface area is 63.2 Å². The highest BCUT2D eigenvalue weighted by Crippen LogP contribution is 2.25. The Hall–Kier alpha value is -0.0800. The standard InChI is InChI=1S/C6H11NO.C2H6/c1-7-3-6-2-5(7)4-8-6;1-2/h5-6H,2-4H2,1H3;1-2H3/t5-,6-;/m1./s1. The van der Waals surface area contributed by atoms with Gasteiger partial charge < -0.3 is 4.74 Å². The van der Waals surface area contributed by atoms with Gasteiger partial charge in [0.25, 0.3) is 0 Å². The predicted octanol–water partition coefficient (Wildman–Crippen LogP) is 1.12. The van der Waals surface area contributed by atoms with Gasteiger partial charge >= 0.3 is 0 Å². The number of rotatable bonds is 0. The smallest absolute Gasteiger partial charge is 0.0718 e. The number of hydrogen-bond acceptors (Lipinski definition) is 2. The lowest BCUT2D eigenvalue weighted by Crippen LogP contribution is -2.33. The molecule has 0 spiro atoms. The van der Waals surface area contributed by atoms with Crippen molar-refractivity contribution in [2.24, 2.45) is 0 Å². The fraction of sp³-hybridized carbons (Fsp3) is 1.00. The first-order valence-corrected chi connectivity index (χ1v) is 4.18. The van der Waals surface area contributed by atoms with Gasteiger partial charge in [-0.25, -0.2) is 0 Å². The molecule has 2 saturated heterocycles. The average molecular weight is 143 g/mol. The summed E-state index contributed by atoms with van der Waals surface area (Å²) in [4.78, 5) is 2.38. The molecule has 2 rings (SSSR count). The third kappa shape index (κ3) is 1.32. The zero-order valence-corrected chi connectivity index (χ0v) is 7.13. The lowest BCUT2D eigenvalue weighted by Gasteiger charge is -2.21. The molecule has 0 unspecified atom stereocenters. The summed E-state index contributed by atoms with van der Waals surface area (Å²) in [6.45, 7) is 6.13. The number of ether oxygens (including phenoxy) is 1. The van der Waals surface area contributed by atoms with Crippen LogP contribution in [-0.4, -0.2) is 37.2 Å². The number of fused-ring (bicyclic) bond motifs is 2. The van der Waals surface area contributed by atoms with Gasteiger partial charge in [-0.1, -0.05) is 13.8 Å². The number of nitrogens with zero attached hydrogens (tertiary/aromatic N) is 1. The van der Waals surface area contributed by atoms with Gasteiger partial charge in [0.05, 0.1) is 12.7 Å². The van der Waals surface area contributed by atoms with E-state index in [1.807, 2.05) is 13.8 Å². The molecule has 2 aliphatic heterocycles. The molecule has 2 atom stereocenters. The maximum atomic E-state index is 5.38. The van der Waals surface area contributed by atoms with Crippen LogP contribution in [0, 0.1) is 0 Å². The van der Waals surface area contributed by atoms with E-state index in [0.717, 1.165) is 19.2 Å². The van der Waals surface area contributed by atoms with Crippen LogP contribution in [0.3, 0.4) is 0 Å². The summed E-state index contributed by atoms with van der Waals surface area (Å²) in [6, 6.07) is 0.750. The Morgan fingerprint density at radius 1 is 1.40 bits per heavy atom. The Kier molecular flexibility index (Phi) is 2.69. The first-order valence-electron chi connectivity index (χ1n) is 4.18. The summed E-state index contributed by atoms with van der Waals surface area (Å²) in [7, 11) is 2.17. The highest BCUT2D eigenvalue weighted by molar-refractivity contribution is 4.89. The summed E-state index contributed by atoms with van der Waals surface area (Å²) in [5.41, 5.74) is 0. The molecule has 2 aliphatic rings. The maximum Gasteiger partial charge on any atom is 0.0718 e. The molecule has 60 valence electrons. The van der Waals surface area contributed by atoms with Gasteiger partial charge in [0.2, 0.25) is 0 Å². The van der Waals surface area contributed by atoms with Crippen LogP contribution in [0.1, 0.15) is 20.3 Å². The van der Waals surface area contributed by atoms with E-state index in [0.29, 0.717) is 6.10 Å². The minimum Gasteiger partial charge on any atom is -0.375 e. The fourth-order valence-corrected chi connectivity index (χ4v) is 1.59. The van der Waals surface area contributed by atoms with Crippen LogP contribution >= 0.6 is 0 Å². The van der Waals surface area contributed by atoms with E-state index in [2.05, 4.69) is 11.9 Å². The molecule has 0 saturated carbocycles. The third-order valence-electron chi connectivity index (χ3n) is 2.17. The van der Waals surface area contributed by atoms with Crippen LogP contribution in [0.2, 0.25) is 0 Å². The molecule has 2 heteroatoms. The molecule has 10 heavy (non-hydrogen) atoms. The molecule has 0 aromatic heterocycles. The molecular weight excluding hydrogens is 126 g/mol. The summed E-state index contributed by atoms with van der Waals surface area (Å²) < 4.78 is 5.38. The summed E-state index contributed by atoms with van der Waals surface area (Å²) in [6.07, 6.45) is 1.85. The van der Waals surface area contributed by atoms with E-state index >= 15 is 0 Å². The SMILES string of the molecule is CC.CN1C[C@H]2C[C@@H]1CO2. The van der Waals surface area contributed by atoms with Crippen LogP contribution in [0.5, 0.6) is 0 Å². The normalized spacial score (nSPS) is 37.5. The van der Waals surface area contributed by atoms with Crippen LogP contribution in [0.25, 0.3) is 0 Å². The lowest BCUT2D eigenvalue weighted by atomic mass is 10.2. The molecule has 0 radical (unpaired) electrons. The van der Waals surface area contributed by atoms with Gasteiger partial charge in [0.1, 0.15) is 0 Å². The third-order valence-corrected chi connectivity index (χ3v) is 2.17. The van der Waals surface area contributed by atoms with E-state index in [1.54, 1.807) is 0 Å². The lowest BCUT2D eigenvalue weighted by molar-refractivity contribution is 0.0416. The van der Waals surface area contributed by atoms with Crippen molar-refractivity contribution in [1.29, 1.82) is 0 Å². The van der Waals surface area contributed by atoms with E-state index in [1.165, 1.54) is 6.42 Å². The molecule has 0 aliphatic carbocycles. The molecular formula is C8H17NO. The second-order valence-electron chi connectivity index (χ2n) is 2.78. The van der Waals surface area contributed by atoms with Crippen molar-refractivity contribution < 1.29 is 4.74 Å². The van der Waals surface area contributed by atoms with Crippen LogP contribution < -0.4 is 0 Å². The summed E-state index contributed by atoms with van der Waals surface area (Å²) >= 11 is 0. The van der Waals surface area contributed by atoms with Gasteiger partial charge in [-0.3, -0.25) is 4.90 Å². The predicted molar refractivity (Wildman–Crippen MR) is 42.1 cm³/mol. The monoisotopic (exact) mass is 143 g/mol. The minimum atomic E-state index is 0.574. The Morgan fingerprint density at radius 2 is 2.10 bits per heavy atom. The maximum absolute atomic E-state index is 5.38. The molecule has 0 amide bonds. The van der Waals surface area contributed by atoms with Crippen molar-refractivity contribution in [3.05, 3.63) is 0 Å². The molecule has 2 fully saturated rings. The first-order chi connectivity index (χ1) is 4.86. The van der Waals surface area contributed by atoms with E-state index in [4.69, 9.17) is 4.74 Å². The largest absolute Gasteiger partial charge is 0.375 e. The highest BCUT2D eigenvalue weighted by Gasteiger charge is 2.36. The Bertz CT molecular complexity index is 103. The zero-order chi connectivity index (χ0) is 7.56. The van der Waals surface area contributed by atoms with E-state index < -0.39 is 0 Å². The highest BCUT2D eigenvalue weighted by atomic mass is 16.5. The molecule has 2 bridgehead atoms. The number of morpholine rings is 1. The Morgan fingerprint density at radius 3 is 2.30 bits per heavy atom. The number of likely N-dealkylation sites (N-methyl/N-ethyl adjacent to an activating group) is 1. The van der Waals surface area contributed by atoms with Crippen molar-refractivity contribution >= 4 is 0 Å². The number of likely N-dealkylation sites (tertiary alicyclic amines) is 1. The van der Waals surface area contributed by atoms with Crippen molar-refractivity contribution in [2.75, 3.05) is 20.2 Å².